The van der Waals surface area contributed by atoms with Gasteiger partial charge in [-0.25, -0.2) is 9.37 Å². The highest BCUT2D eigenvalue weighted by atomic mass is 19.1. The normalized spacial score (nSPS) is 12.8. The fourth-order valence-electron chi connectivity index (χ4n) is 3.76. The Hall–Kier alpha value is -4.07. The fourth-order valence-corrected chi connectivity index (χ4v) is 3.76. The Morgan fingerprint density at radius 3 is 2.66 bits per heavy atom. The molecule has 0 aliphatic carbocycles. The molecule has 160 valence electrons. The van der Waals surface area contributed by atoms with Crippen molar-refractivity contribution in [2.45, 2.75) is 19.7 Å². The molecule has 0 radical (unpaired) electrons. The molecule has 1 aliphatic heterocycles. The Kier molecular flexibility index (Phi) is 5.10. The SMILES string of the molecule is Cn1cc(-c2ccc(CN3Cc4ccnc(OCc5ccccc5F)c4C3=O)cc2)nn1. The minimum Gasteiger partial charge on any atom is -0.472 e. The molecule has 32 heavy (non-hydrogen) atoms. The van der Waals surface area contributed by atoms with Gasteiger partial charge in [0.1, 0.15) is 23.7 Å². The van der Waals surface area contributed by atoms with E-state index in [2.05, 4.69) is 15.3 Å². The van der Waals surface area contributed by atoms with Crippen molar-refractivity contribution < 1.29 is 13.9 Å². The van der Waals surface area contributed by atoms with Gasteiger partial charge in [0.25, 0.3) is 5.91 Å². The van der Waals surface area contributed by atoms with Gasteiger partial charge in [0.05, 0.1) is 6.20 Å². The number of carbonyl (C=O) groups is 1. The smallest absolute Gasteiger partial charge is 0.260 e. The summed E-state index contributed by atoms with van der Waals surface area (Å²) in [6.07, 6.45) is 3.47. The second-order valence-corrected chi connectivity index (χ2v) is 7.67. The number of ether oxygens (including phenoxy) is 1. The first-order valence-corrected chi connectivity index (χ1v) is 10.2. The van der Waals surface area contributed by atoms with E-state index >= 15 is 0 Å². The predicted octanol–water partition coefficient (Wildman–Crippen LogP) is 3.75. The van der Waals surface area contributed by atoms with E-state index in [1.54, 1.807) is 34.0 Å². The Morgan fingerprint density at radius 2 is 1.91 bits per heavy atom. The molecule has 0 bridgehead atoms. The van der Waals surface area contributed by atoms with Crippen molar-refractivity contribution in [1.29, 1.82) is 0 Å². The highest BCUT2D eigenvalue weighted by molar-refractivity contribution is 6.00. The van der Waals surface area contributed by atoms with E-state index in [0.29, 0.717) is 24.2 Å². The lowest BCUT2D eigenvalue weighted by Gasteiger charge is -2.16. The molecule has 2 aromatic heterocycles. The van der Waals surface area contributed by atoms with Crippen LogP contribution in [0.5, 0.6) is 5.88 Å². The molecule has 3 heterocycles. The van der Waals surface area contributed by atoms with E-state index in [4.69, 9.17) is 4.74 Å². The number of amides is 1. The molecule has 0 unspecified atom stereocenters. The van der Waals surface area contributed by atoms with E-state index in [1.165, 1.54) is 6.07 Å². The molecule has 0 fully saturated rings. The number of hydrogen-bond acceptors (Lipinski definition) is 5. The molecule has 8 heteroatoms. The molecule has 0 atom stereocenters. The Balaban J connectivity index is 1.30. The van der Waals surface area contributed by atoms with Crippen LogP contribution in [-0.4, -0.2) is 30.8 Å². The van der Waals surface area contributed by atoms with Crippen molar-refractivity contribution in [3.05, 3.63) is 95.1 Å². The van der Waals surface area contributed by atoms with Gasteiger partial charge >= 0.3 is 0 Å². The summed E-state index contributed by atoms with van der Waals surface area (Å²) in [7, 11) is 1.82. The molecule has 0 N–H and O–H groups in total. The summed E-state index contributed by atoms with van der Waals surface area (Å²) in [5.41, 5.74) is 4.47. The molecular formula is C24H20FN5O2. The van der Waals surface area contributed by atoms with E-state index in [-0.39, 0.29) is 24.2 Å². The monoisotopic (exact) mass is 429 g/mol. The summed E-state index contributed by atoms with van der Waals surface area (Å²) in [5.74, 6) is -0.260. The number of aryl methyl sites for hydroxylation is 1. The number of halogens is 1. The fraction of sp³-hybridized carbons (Fsp3) is 0.167. The third-order valence-electron chi connectivity index (χ3n) is 5.41. The first kappa shape index (κ1) is 19.9. The maximum atomic E-state index is 13.9. The van der Waals surface area contributed by atoms with Gasteiger partial charge in [0.15, 0.2) is 0 Å². The summed E-state index contributed by atoms with van der Waals surface area (Å²) < 4.78 is 21.3. The number of carbonyl (C=O) groups excluding carboxylic acids is 1. The highest BCUT2D eigenvalue weighted by Crippen LogP contribution is 2.31. The minimum absolute atomic E-state index is 0.00719. The van der Waals surface area contributed by atoms with Crippen LogP contribution in [0, 0.1) is 5.82 Å². The van der Waals surface area contributed by atoms with Gasteiger partial charge in [-0.3, -0.25) is 9.48 Å². The van der Waals surface area contributed by atoms with E-state index < -0.39 is 0 Å². The van der Waals surface area contributed by atoms with Crippen molar-refractivity contribution in [3.8, 4) is 17.1 Å². The zero-order valence-electron chi connectivity index (χ0n) is 17.4. The third-order valence-corrected chi connectivity index (χ3v) is 5.41. The second-order valence-electron chi connectivity index (χ2n) is 7.67. The quantitative estimate of drug-likeness (QED) is 0.467. The molecule has 1 amide bonds. The van der Waals surface area contributed by atoms with Crippen LogP contribution in [0.4, 0.5) is 4.39 Å². The van der Waals surface area contributed by atoms with Crippen molar-refractivity contribution >= 4 is 5.91 Å². The first-order valence-electron chi connectivity index (χ1n) is 10.2. The van der Waals surface area contributed by atoms with Gasteiger partial charge in [-0.1, -0.05) is 47.7 Å². The molecule has 0 saturated carbocycles. The van der Waals surface area contributed by atoms with Gasteiger partial charge in [0.2, 0.25) is 5.88 Å². The van der Waals surface area contributed by atoms with E-state index in [1.807, 2.05) is 43.6 Å². The maximum Gasteiger partial charge on any atom is 0.260 e. The molecule has 4 aromatic rings. The van der Waals surface area contributed by atoms with Crippen LogP contribution in [0.25, 0.3) is 11.3 Å². The Morgan fingerprint density at radius 1 is 1.09 bits per heavy atom. The molecule has 0 saturated heterocycles. The molecule has 7 nitrogen and oxygen atoms in total. The number of rotatable bonds is 6. The van der Waals surface area contributed by atoms with Crippen molar-refractivity contribution in [1.82, 2.24) is 24.9 Å². The number of fused-ring (bicyclic) bond motifs is 1. The number of pyridine rings is 1. The molecule has 2 aromatic carbocycles. The molecule has 1 aliphatic rings. The lowest BCUT2D eigenvalue weighted by atomic mass is 10.1. The standard InChI is InChI=1S/C24H20FN5O2/c1-29-14-21(27-28-29)17-8-6-16(7-9-17)12-30-13-18-10-11-26-23(22(18)24(30)31)32-15-19-4-2-3-5-20(19)25/h2-11,14H,12-13,15H2,1H3. The Bertz CT molecular complexity index is 1290. The highest BCUT2D eigenvalue weighted by Gasteiger charge is 2.31. The second kappa shape index (κ2) is 8.22. The van der Waals surface area contributed by atoms with Gasteiger partial charge in [0, 0.05) is 37.5 Å². The van der Waals surface area contributed by atoms with Crippen molar-refractivity contribution in [2.75, 3.05) is 0 Å². The summed E-state index contributed by atoms with van der Waals surface area (Å²) in [5, 5.41) is 8.07. The molecular weight excluding hydrogens is 409 g/mol. The van der Waals surface area contributed by atoms with Crippen molar-refractivity contribution in [2.24, 2.45) is 7.05 Å². The predicted molar refractivity (Wildman–Crippen MR) is 115 cm³/mol. The van der Waals surface area contributed by atoms with Gasteiger partial charge in [-0.15, -0.1) is 5.10 Å². The van der Waals surface area contributed by atoms with E-state index in [9.17, 15) is 9.18 Å². The summed E-state index contributed by atoms with van der Waals surface area (Å²) in [4.78, 5) is 19.1. The number of hydrogen-bond donors (Lipinski definition) is 0. The van der Waals surface area contributed by atoms with Crippen LogP contribution in [0.15, 0.2) is 67.0 Å². The van der Waals surface area contributed by atoms with Crippen LogP contribution in [-0.2, 0) is 26.7 Å². The molecule has 0 spiro atoms. The topological polar surface area (TPSA) is 73.1 Å². The van der Waals surface area contributed by atoms with Crippen LogP contribution in [0.1, 0.15) is 27.0 Å². The minimum atomic E-state index is -0.349. The zero-order valence-corrected chi connectivity index (χ0v) is 17.4. The van der Waals surface area contributed by atoms with Gasteiger partial charge < -0.3 is 9.64 Å². The first-order chi connectivity index (χ1) is 15.6. The average molecular weight is 429 g/mol. The largest absolute Gasteiger partial charge is 0.472 e. The average Bonchev–Trinajstić information content (AvgIpc) is 3.37. The summed E-state index contributed by atoms with van der Waals surface area (Å²) >= 11 is 0. The summed E-state index contributed by atoms with van der Waals surface area (Å²) in [6, 6.07) is 16.1. The lowest BCUT2D eigenvalue weighted by molar-refractivity contribution is 0.0762. The number of benzene rings is 2. The zero-order chi connectivity index (χ0) is 22.1. The number of aromatic nitrogens is 4. The van der Waals surface area contributed by atoms with Crippen LogP contribution >= 0.6 is 0 Å². The van der Waals surface area contributed by atoms with Crippen molar-refractivity contribution in [3.63, 3.8) is 0 Å². The maximum absolute atomic E-state index is 13.9. The lowest BCUT2D eigenvalue weighted by Crippen LogP contribution is -2.23. The van der Waals surface area contributed by atoms with Gasteiger partial charge in [-0.2, -0.15) is 0 Å². The third kappa shape index (κ3) is 3.82. The number of nitrogens with zero attached hydrogens (tertiary/aromatic N) is 5. The van der Waals surface area contributed by atoms with Crippen LogP contribution in [0.2, 0.25) is 0 Å². The Labute approximate surface area is 184 Å². The molecule has 5 rings (SSSR count). The van der Waals surface area contributed by atoms with Crippen LogP contribution in [0.3, 0.4) is 0 Å². The summed E-state index contributed by atoms with van der Waals surface area (Å²) in [6.45, 7) is 0.937. The van der Waals surface area contributed by atoms with E-state index in [0.717, 1.165) is 22.4 Å². The van der Waals surface area contributed by atoms with Gasteiger partial charge in [-0.05, 0) is 23.3 Å². The van der Waals surface area contributed by atoms with Crippen LogP contribution < -0.4 is 4.74 Å².